The first-order valence-corrected chi connectivity index (χ1v) is 7.46. The largest absolute Gasteiger partial charge is 0.365 e. The summed E-state index contributed by atoms with van der Waals surface area (Å²) >= 11 is 0. The molecule has 0 spiro atoms. The summed E-state index contributed by atoms with van der Waals surface area (Å²) in [6.45, 7) is 7.82. The molecule has 2 heterocycles. The van der Waals surface area contributed by atoms with Crippen LogP contribution in [0.1, 0.15) is 48.4 Å². The second-order valence-corrected chi connectivity index (χ2v) is 5.96. The van der Waals surface area contributed by atoms with Crippen LogP contribution in [-0.2, 0) is 13.0 Å². The van der Waals surface area contributed by atoms with E-state index in [0.717, 1.165) is 25.1 Å². The second-order valence-electron chi connectivity index (χ2n) is 5.96. The Morgan fingerprint density at radius 1 is 1.38 bits per heavy atom. The van der Waals surface area contributed by atoms with Crippen LogP contribution in [0.2, 0.25) is 0 Å². The number of carbonyl (C=O) groups excluding carboxylic acids is 1. The number of Topliss-reactive ketones (excluding diaryl/α,β-unsaturated/α-hetero) is 1. The Balaban J connectivity index is 1.84. The normalized spacial score (nSPS) is 13.8. The van der Waals surface area contributed by atoms with E-state index in [-0.39, 0.29) is 5.78 Å². The summed E-state index contributed by atoms with van der Waals surface area (Å²) in [4.78, 5) is 18.1. The summed E-state index contributed by atoms with van der Waals surface area (Å²) in [6, 6.07) is 6.47. The standard InChI is InChI=1S/C17H21N3O/c1-12(2)20-11-18-9-16(20)10-19-7-6-15-8-14(13(3)21)4-5-17(15)19/h4-5,8-9,11-12H,6-7,10H2,1-3H3. The number of imidazole rings is 1. The lowest BCUT2D eigenvalue weighted by Gasteiger charge is -2.21. The fourth-order valence-corrected chi connectivity index (χ4v) is 2.97. The predicted octanol–water partition coefficient (Wildman–Crippen LogP) is 3.23. The molecule has 110 valence electrons. The Morgan fingerprint density at radius 2 is 2.19 bits per heavy atom. The van der Waals surface area contributed by atoms with E-state index in [0.29, 0.717) is 6.04 Å². The molecule has 0 N–H and O–H groups in total. The molecule has 0 saturated heterocycles. The molecule has 0 saturated carbocycles. The van der Waals surface area contributed by atoms with Crippen molar-refractivity contribution in [1.82, 2.24) is 9.55 Å². The number of anilines is 1. The molecule has 21 heavy (non-hydrogen) atoms. The number of fused-ring (bicyclic) bond motifs is 1. The topological polar surface area (TPSA) is 38.1 Å². The molecule has 0 atom stereocenters. The smallest absolute Gasteiger partial charge is 0.159 e. The number of carbonyl (C=O) groups is 1. The van der Waals surface area contributed by atoms with E-state index in [1.165, 1.54) is 16.9 Å². The van der Waals surface area contributed by atoms with E-state index in [4.69, 9.17) is 0 Å². The minimum absolute atomic E-state index is 0.133. The highest BCUT2D eigenvalue weighted by molar-refractivity contribution is 5.94. The fourth-order valence-electron chi connectivity index (χ4n) is 2.97. The molecule has 1 aromatic carbocycles. The molecule has 0 amide bonds. The van der Waals surface area contributed by atoms with Gasteiger partial charge in [0, 0.05) is 30.0 Å². The molecule has 0 fully saturated rings. The Bertz CT molecular complexity index is 672. The number of ketones is 1. The van der Waals surface area contributed by atoms with Crippen LogP contribution in [0.5, 0.6) is 0 Å². The predicted molar refractivity (Wildman–Crippen MR) is 83.8 cm³/mol. The van der Waals surface area contributed by atoms with E-state index in [1.54, 1.807) is 6.92 Å². The molecule has 2 aromatic rings. The zero-order valence-corrected chi connectivity index (χ0v) is 12.8. The van der Waals surface area contributed by atoms with Crippen molar-refractivity contribution in [2.75, 3.05) is 11.4 Å². The third-order valence-electron chi connectivity index (χ3n) is 4.13. The molecule has 3 rings (SSSR count). The quantitative estimate of drug-likeness (QED) is 0.809. The van der Waals surface area contributed by atoms with Crippen molar-refractivity contribution in [2.24, 2.45) is 0 Å². The summed E-state index contributed by atoms with van der Waals surface area (Å²) < 4.78 is 2.21. The van der Waals surface area contributed by atoms with Crippen molar-refractivity contribution in [3.8, 4) is 0 Å². The molecule has 1 aromatic heterocycles. The van der Waals surface area contributed by atoms with E-state index in [2.05, 4.69) is 34.4 Å². The van der Waals surface area contributed by atoms with Crippen LogP contribution in [0.25, 0.3) is 0 Å². The molecule has 0 aliphatic carbocycles. The highest BCUT2D eigenvalue weighted by atomic mass is 16.1. The summed E-state index contributed by atoms with van der Waals surface area (Å²) in [5.41, 5.74) is 4.56. The average molecular weight is 283 g/mol. The number of hydrogen-bond donors (Lipinski definition) is 0. The van der Waals surface area contributed by atoms with Crippen LogP contribution in [0, 0.1) is 0 Å². The third kappa shape index (κ3) is 2.58. The van der Waals surface area contributed by atoms with Crippen LogP contribution in [0.3, 0.4) is 0 Å². The Labute approximate surface area is 125 Å². The average Bonchev–Trinajstić information content (AvgIpc) is 3.06. The van der Waals surface area contributed by atoms with Gasteiger partial charge < -0.3 is 9.47 Å². The maximum absolute atomic E-state index is 11.5. The first-order valence-electron chi connectivity index (χ1n) is 7.46. The molecular weight excluding hydrogens is 262 g/mol. The Morgan fingerprint density at radius 3 is 2.90 bits per heavy atom. The summed E-state index contributed by atoms with van der Waals surface area (Å²) in [6.07, 6.45) is 4.85. The number of hydrogen-bond acceptors (Lipinski definition) is 3. The molecule has 0 bridgehead atoms. The van der Waals surface area contributed by atoms with E-state index in [9.17, 15) is 4.79 Å². The maximum Gasteiger partial charge on any atom is 0.159 e. The highest BCUT2D eigenvalue weighted by Crippen LogP contribution is 2.30. The van der Waals surface area contributed by atoms with Crippen LogP contribution >= 0.6 is 0 Å². The van der Waals surface area contributed by atoms with Gasteiger partial charge in [-0.15, -0.1) is 0 Å². The van der Waals surface area contributed by atoms with Crippen LogP contribution < -0.4 is 4.90 Å². The van der Waals surface area contributed by atoms with E-state index < -0.39 is 0 Å². The van der Waals surface area contributed by atoms with Gasteiger partial charge in [-0.25, -0.2) is 4.98 Å². The minimum Gasteiger partial charge on any atom is -0.365 e. The van der Waals surface area contributed by atoms with Gasteiger partial charge in [-0.05, 0) is 51.0 Å². The van der Waals surface area contributed by atoms with Gasteiger partial charge in [0.2, 0.25) is 0 Å². The molecular formula is C17H21N3O. The van der Waals surface area contributed by atoms with Gasteiger partial charge in [0.05, 0.1) is 18.6 Å². The molecule has 0 radical (unpaired) electrons. The second kappa shape index (κ2) is 5.35. The van der Waals surface area contributed by atoms with Gasteiger partial charge >= 0.3 is 0 Å². The van der Waals surface area contributed by atoms with Gasteiger partial charge in [-0.2, -0.15) is 0 Å². The van der Waals surface area contributed by atoms with Crippen molar-refractivity contribution in [3.05, 3.63) is 47.5 Å². The van der Waals surface area contributed by atoms with Crippen LogP contribution in [0.4, 0.5) is 5.69 Å². The Hall–Kier alpha value is -2.10. The van der Waals surface area contributed by atoms with Crippen LogP contribution in [0.15, 0.2) is 30.7 Å². The number of aromatic nitrogens is 2. The van der Waals surface area contributed by atoms with E-state index >= 15 is 0 Å². The minimum atomic E-state index is 0.133. The van der Waals surface area contributed by atoms with Gasteiger partial charge in [-0.3, -0.25) is 4.79 Å². The first-order chi connectivity index (χ1) is 10.1. The first kappa shape index (κ1) is 13.9. The van der Waals surface area contributed by atoms with Crippen molar-refractivity contribution < 1.29 is 4.79 Å². The molecule has 1 aliphatic heterocycles. The van der Waals surface area contributed by atoms with Crippen LogP contribution in [-0.4, -0.2) is 21.9 Å². The van der Waals surface area contributed by atoms with Crippen molar-refractivity contribution in [1.29, 1.82) is 0 Å². The lowest BCUT2D eigenvalue weighted by atomic mass is 10.1. The molecule has 1 aliphatic rings. The van der Waals surface area contributed by atoms with Crippen molar-refractivity contribution >= 4 is 11.5 Å². The number of nitrogens with zero attached hydrogens (tertiary/aromatic N) is 3. The summed E-state index contributed by atoms with van der Waals surface area (Å²) in [5.74, 6) is 0.133. The maximum atomic E-state index is 11.5. The molecule has 4 heteroatoms. The SMILES string of the molecule is CC(=O)c1ccc2c(c1)CCN2Cc1cncn1C(C)C. The number of rotatable bonds is 4. The summed E-state index contributed by atoms with van der Waals surface area (Å²) in [5, 5.41) is 0. The van der Waals surface area contributed by atoms with Crippen molar-refractivity contribution in [3.63, 3.8) is 0 Å². The molecule has 4 nitrogen and oxygen atoms in total. The fraction of sp³-hybridized carbons (Fsp3) is 0.412. The zero-order chi connectivity index (χ0) is 15.0. The van der Waals surface area contributed by atoms with Gasteiger partial charge in [-0.1, -0.05) is 0 Å². The van der Waals surface area contributed by atoms with Gasteiger partial charge in [0.1, 0.15) is 0 Å². The number of benzene rings is 1. The highest BCUT2D eigenvalue weighted by Gasteiger charge is 2.21. The monoisotopic (exact) mass is 283 g/mol. The third-order valence-corrected chi connectivity index (χ3v) is 4.13. The lowest BCUT2D eigenvalue weighted by Crippen LogP contribution is -2.22. The lowest BCUT2D eigenvalue weighted by molar-refractivity contribution is 0.101. The van der Waals surface area contributed by atoms with Gasteiger partial charge in [0.15, 0.2) is 5.78 Å². The van der Waals surface area contributed by atoms with E-state index in [1.807, 2.05) is 24.7 Å². The summed E-state index contributed by atoms with van der Waals surface area (Å²) in [7, 11) is 0. The Kier molecular flexibility index (Phi) is 3.53. The van der Waals surface area contributed by atoms with Gasteiger partial charge in [0.25, 0.3) is 0 Å². The zero-order valence-electron chi connectivity index (χ0n) is 12.8. The molecule has 0 unspecified atom stereocenters. The van der Waals surface area contributed by atoms with Crippen molar-refractivity contribution in [2.45, 2.75) is 39.8 Å².